The first-order valence-electron chi connectivity index (χ1n) is 22.9. The van der Waals surface area contributed by atoms with Gasteiger partial charge in [0, 0.05) is 7.11 Å². The van der Waals surface area contributed by atoms with Gasteiger partial charge in [0.05, 0.1) is 45.2 Å². The van der Waals surface area contributed by atoms with Crippen LogP contribution in [0.2, 0.25) is 0 Å². The Kier molecular flexibility index (Phi) is 15.5. The van der Waals surface area contributed by atoms with Gasteiger partial charge >= 0.3 is 0 Å². The topological polar surface area (TPSA) is 149 Å². The summed E-state index contributed by atoms with van der Waals surface area (Å²) in [4.78, 5) is 0. The second-order valence-corrected chi connectivity index (χ2v) is 18.9. The van der Waals surface area contributed by atoms with Gasteiger partial charge in [-0.15, -0.1) is 0 Å². The number of aliphatic hydroxyl groups excluding tert-OH is 1. The molecule has 5 aliphatic rings. The maximum Gasteiger partial charge on any atom is 0.187 e. The molecule has 15 atom stereocenters. The lowest BCUT2D eigenvalue weighted by Gasteiger charge is -2.49. The number of aliphatic hydroxyl groups is 1. The minimum Gasteiger partial charge on any atom is -0.394 e. The predicted octanol–water partition coefficient (Wildman–Crippen LogP) is 6.20. The highest BCUT2D eigenvalue weighted by molar-refractivity contribution is 5.16. The molecule has 0 radical (unpaired) electrons. The molecule has 15 unspecified atom stereocenters. The van der Waals surface area contributed by atoms with Crippen molar-refractivity contribution in [1.82, 2.24) is 0 Å². The van der Waals surface area contributed by atoms with Gasteiger partial charge in [0.15, 0.2) is 29.9 Å². The van der Waals surface area contributed by atoms with E-state index in [-0.39, 0.29) is 26.4 Å². The Balaban J connectivity index is 1.16. The predicted molar refractivity (Wildman–Crippen MR) is 234 cm³/mol. The Bertz CT molecular complexity index is 1920. The van der Waals surface area contributed by atoms with Crippen molar-refractivity contribution in [3.63, 3.8) is 0 Å². The van der Waals surface area contributed by atoms with E-state index in [1.54, 1.807) is 7.11 Å². The van der Waals surface area contributed by atoms with Gasteiger partial charge < -0.3 is 71.4 Å². The molecule has 5 heterocycles. The number of rotatable bonds is 18. The molecule has 5 fully saturated rings. The molecule has 3 aromatic rings. The Morgan fingerprint density at radius 2 is 1.12 bits per heavy atom. The van der Waals surface area contributed by atoms with Gasteiger partial charge in [-0.2, -0.15) is 0 Å². The first-order chi connectivity index (χ1) is 31.1. The maximum atomic E-state index is 10.8. The number of methoxy groups -OCH3 is 1. The van der Waals surface area contributed by atoms with Crippen molar-refractivity contribution in [2.45, 2.75) is 185 Å². The van der Waals surface area contributed by atoms with Gasteiger partial charge in [0.2, 0.25) is 0 Å². The minimum atomic E-state index is -1.21. The fourth-order valence-corrected chi connectivity index (χ4v) is 9.35. The molecule has 0 spiro atoms. The molecule has 3 aromatic carbocycles. The SMILES string of the molecule is COC(C)C1OC(C)(C)OC1C(OC1OC(CO)C2OC(C)(C)OC2C1OC1OC(C)C(OCc2ccccc2)C(OCc2ccccc2)C1OCc1ccccc1)C1COC(C)(C)O1. The molecule has 0 amide bonds. The second-order valence-electron chi connectivity index (χ2n) is 18.9. The Labute approximate surface area is 383 Å². The third-order valence-corrected chi connectivity index (χ3v) is 12.5. The summed E-state index contributed by atoms with van der Waals surface area (Å²) in [6.07, 6.45) is -11.6. The van der Waals surface area contributed by atoms with Gasteiger partial charge in [-0.05, 0) is 72.1 Å². The molecule has 15 nitrogen and oxygen atoms in total. The molecule has 0 bridgehead atoms. The molecule has 5 aliphatic heterocycles. The van der Waals surface area contributed by atoms with Gasteiger partial charge in [-0.25, -0.2) is 0 Å². The monoisotopic (exact) mass is 908 g/mol. The summed E-state index contributed by atoms with van der Waals surface area (Å²) in [5, 5.41) is 10.8. The molecule has 15 heteroatoms. The highest BCUT2D eigenvalue weighted by Gasteiger charge is 2.61. The van der Waals surface area contributed by atoms with Crippen LogP contribution in [-0.4, -0.2) is 135 Å². The fourth-order valence-electron chi connectivity index (χ4n) is 9.35. The standard InChI is InChI=1S/C50H68O15/c1-30(52-9)38-42(64-49(5,6)62-38)39(36-29-56-48(3,4)61-36)59-47-45(43-40(35(25-51)58-47)63-50(7,8)65-43)60-46-44(55-28-34-23-17-12-18-24-34)41(54-27-33-21-15-11-16-22-33)37(31(2)57-46)53-26-32-19-13-10-14-20-32/h10-24,30-31,35-47,51H,25-29H2,1-9H3. The molecule has 8 rings (SSSR count). The van der Waals surface area contributed by atoms with Crippen molar-refractivity contribution < 1.29 is 71.4 Å². The molecule has 0 aromatic heterocycles. The zero-order valence-electron chi connectivity index (χ0n) is 39.0. The minimum absolute atomic E-state index is 0.190. The second kappa shape index (κ2) is 20.7. The summed E-state index contributed by atoms with van der Waals surface area (Å²) < 4.78 is 93.1. The summed E-state index contributed by atoms with van der Waals surface area (Å²) in [7, 11) is 1.62. The van der Waals surface area contributed by atoms with Crippen molar-refractivity contribution in [2.75, 3.05) is 20.3 Å². The lowest BCUT2D eigenvalue weighted by Crippen LogP contribution is -2.65. The number of ether oxygens (including phenoxy) is 14. The van der Waals surface area contributed by atoms with Crippen LogP contribution in [0.3, 0.4) is 0 Å². The van der Waals surface area contributed by atoms with E-state index < -0.39 is 109 Å². The number of benzene rings is 3. The van der Waals surface area contributed by atoms with Crippen LogP contribution in [0.4, 0.5) is 0 Å². The lowest BCUT2D eigenvalue weighted by molar-refractivity contribution is -0.375. The van der Waals surface area contributed by atoms with E-state index in [4.69, 9.17) is 66.3 Å². The lowest BCUT2D eigenvalue weighted by atomic mass is 9.96. The van der Waals surface area contributed by atoms with Crippen LogP contribution in [0.5, 0.6) is 0 Å². The van der Waals surface area contributed by atoms with E-state index >= 15 is 0 Å². The Hall–Kier alpha value is -2.94. The molecule has 65 heavy (non-hydrogen) atoms. The van der Waals surface area contributed by atoms with Crippen LogP contribution in [-0.2, 0) is 86.1 Å². The van der Waals surface area contributed by atoms with E-state index in [1.165, 1.54) is 0 Å². The van der Waals surface area contributed by atoms with E-state index in [2.05, 4.69) is 0 Å². The smallest absolute Gasteiger partial charge is 0.187 e. The number of hydrogen-bond acceptors (Lipinski definition) is 15. The first-order valence-corrected chi connectivity index (χ1v) is 22.9. The third kappa shape index (κ3) is 11.7. The van der Waals surface area contributed by atoms with Crippen LogP contribution in [0.15, 0.2) is 91.0 Å². The molecule has 0 aliphatic carbocycles. The summed E-state index contributed by atoms with van der Waals surface area (Å²) >= 11 is 0. The van der Waals surface area contributed by atoms with Crippen molar-refractivity contribution in [2.24, 2.45) is 0 Å². The molecule has 1 N–H and O–H groups in total. The van der Waals surface area contributed by atoms with E-state index in [0.717, 1.165) is 16.7 Å². The molecule has 5 saturated heterocycles. The van der Waals surface area contributed by atoms with Crippen LogP contribution in [0.1, 0.15) is 72.1 Å². The summed E-state index contributed by atoms with van der Waals surface area (Å²) in [6.45, 7) is 15.5. The Morgan fingerprint density at radius 3 is 1.66 bits per heavy atom. The molecular weight excluding hydrogens is 841 g/mol. The van der Waals surface area contributed by atoms with E-state index in [1.807, 2.05) is 146 Å². The molecular formula is C50H68O15. The van der Waals surface area contributed by atoms with Crippen molar-refractivity contribution in [1.29, 1.82) is 0 Å². The largest absolute Gasteiger partial charge is 0.394 e. The first kappa shape index (κ1) is 48.5. The van der Waals surface area contributed by atoms with E-state index in [0.29, 0.717) is 6.61 Å². The highest BCUT2D eigenvalue weighted by atomic mass is 16.8. The van der Waals surface area contributed by atoms with Crippen molar-refractivity contribution in [3.05, 3.63) is 108 Å². The average Bonchev–Trinajstić information content (AvgIpc) is 3.94. The van der Waals surface area contributed by atoms with Crippen molar-refractivity contribution >= 4 is 0 Å². The van der Waals surface area contributed by atoms with Gasteiger partial charge in [0.25, 0.3) is 0 Å². The van der Waals surface area contributed by atoms with Crippen LogP contribution >= 0.6 is 0 Å². The third-order valence-electron chi connectivity index (χ3n) is 12.5. The van der Waals surface area contributed by atoms with Crippen LogP contribution in [0.25, 0.3) is 0 Å². The average molecular weight is 909 g/mol. The number of fused-ring (bicyclic) bond motifs is 1. The van der Waals surface area contributed by atoms with Gasteiger partial charge in [-0.3, -0.25) is 0 Å². The van der Waals surface area contributed by atoms with Gasteiger partial charge in [-0.1, -0.05) is 91.0 Å². The maximum absolute atomic E-state index is 10.8. The molecule has 0 saturated carbocycles. The summed E-state index contributed by atoms with van der Waals surface area (Å²) in [6, 6.07) is 29.8. The van der Waals surface area contributed by atoms with Crippen LogP contribution in [0, 0.1) is 0 Å². The summed E-state index contributed by atoms with van der Waals surface area (Å²) in [5.74, 6) is -2.97. The number of hydrogen-bond donors (Lipinski definition) is 1. The Morgan fingerprint density at radius 1 is 0.600 bits per heavy atom. The van der Waals surface area contributed by atoms with Gasteiger partial charge in [0.1, 0.15) is 67.1 Å². The van der Waals surface area contributed by atoms with Crippen LogP contribution < -0.4 is 0 Å². The normalized spacial score (nSPS) is 36.0. The van der Waals surface area contributed by atoms with Crippen molar-refractivity contribution in [3.8, 4) is 0 Å². The zero-order chi connectivity index (χ0) is 45.9. The zero-order valence-corrected chi connectivity index (χ0v) is 39.0. The molecule has 358 valence electrons. The quantitative estimate of drug-likeness (QED) is 0.154. The van der Waals surface area contributed by atoms with E-state index in [9.17, 15) is 5.11 Å². The summed E-state index contributed by atoms with van der Waals surface area (Å²) in [5.41, 5.74) is 2.93. The fraction of sp³-hybridized carbons (Fsp3) is 0.640. The highest BCUT2D eigenvalue weighted by Crippen LogP contribution is 2.44.